The lowest BCUT2D eigenvalue weighted by molar-refractivity contribution is -0.384. The third-order valence-corrected chi connectivity index (χ3v) is 4.72. The predicted octanol–water partition coefficient (Wildman–Crippen LogP) is 4.02. The molecule has 1 aliphatic carbocycles. The fourth-order valence-electron chi connectivity index (χ4n) is 3.34. The standard InChI is InChI=1S/C23H14N2O5/c26-20(12-11-14-5-3-6-15(13-14)25(29)30)24-19-10-4-9-18-21(19)23(28)17-8-2-1-7-16(17)22(18)27/h1-13H,(H,24,26). The van der Waals surface area contributed by atoms with Crippen LogP contribution < -0.4 is 5.32 Å². The van der Waals surface area contributed by atoms with Gasteiger partial charge in [0, 0.05) is 34.9 Å². The fraction of sp³-hybridized carbons (Fsp3) is 0. The number of nitro groups is 1. The van der Waals surface area contributed by atoms with Crippen LogP contribution in [0.1, 0.15) is 37.4 Å². The Balaban J connectivity index is 1.62. The van der Waals surface area contributed by atoms with E-state index in [2.05, 4.69) is 5.32 Å². The molecule has 30 heavy (non-hydrogen) atoms. The molecular weight excluding hydrogens is 384 g/mol. The molecule has 0 saturated heterocycles. The Morgan fingerprint density at radius 1 is 0.867 bits per heavy atom. The number of ketones is 2. The van der Waals surface area contributed by atoms with Gasteiger partial charge in [0.1, 0.15) is 0 Å². The summed E-state index contributed by atoms with van der Waals surface area (Å²) < 4.78 is 0. The van der Waals surface area contributed by atoms with E-state index in [0.29, 0.717) is 16.7 Å². The molecule has 0 aliphatic heterocycles. The van der Waals surface area contributed by atoms with Gasteiger partial charge in [0.15, 0.2) is 11.6 Å². The largest absolute Gasteiger partial charge is 0.322 e. The molecule has 3 aromatic rings. The molecule has 0 aromatic heterocycles. The Kier molecular flexibility index (Phi) is 4.77. The maximum absolute atomic E-state index is 13.0. The fourth-order valence-corrected chi connectivity index (χ4v) is 3.34. The van der Waals surface area contributed by atoms with Gasteiger partial charge < -0.3 is 5.32 Å². The Morgan fingerprint density at radius 2 is 1.53 bits per heavy atom. The molecule has 0 heterocycles. The zero-order valence-electron chi connectivity index (χ0n) is 15.5. The van der Waals surface area contributed by atoms with Crippen molar-refractivity contribution in [2.75, 3.05) is 5.32 Å². The van der Waals surface area contributed by atoms with E-state index in [1.807, 2.05) is 0 Å². The van der Waals surface area contributed by atoms with Gasteiger partial charge in [-0.05, 0) is 17.7 Å². The number of amides is 1. The average Bonchev–Trinajstić information content (AvgIpc) is 2.76. The van der Waals surface area contributed by atoms with Gasteiger partial charge in [-0.1, -0.05) is 48.5 Å². The lowest BCUT2D eigenvalue weighted by Gasteiger charge is -2.20. The molecule has 0 radical (unpaired) electrons. The van der Waals surface area contributed by atoms with Crippen molar-refractivity contribution in [1.29, 1.82) is 0 Å². The van der Waals surface area contributed by atoms with Crippen LogP contribution in [0.25, 0.3) is 6.08 Å². The number of nitrogens with zero attached hydrogens (tertiary/aromatic N) is 1. The summed E-state index contributed by atoms with van der Waals surface area (Å²) in [5.41, 5.74) is 1.64. The van der Waals surface area contributed by atoms with E-state index < -0.39 is 10.8 Å². The number of hydrogen-bond acceptors (Lipinski definition) is 5. The van der Waals surface area contributed by atoms with Gasteiger partial charge >= 0.3 is 0 Å². The van der Waals surface area contributed by atoms with Crippen molar-refractivity contribution in [2.24, 2.45) is 0 Å². The molecule has 7 heteroatoms. The molecule has 1 aliphatic rings. The quantitative estimate of drug-likeness (QED) is 0.317. The van der Waals surface area contributed by atoms with E-state index in [1.54, 1.807) is 48.5 Å². The van der Waals surface area contributed by atoms with Crippen LogP contribution in [0.2, 0.25) is 0 Å². The first-order valence-corrected chi connectivity index (χ1v) is 9.00. The molecule has 1 amide bonds. The maximum Gasteiger partial charge on any atom is 0.270 e. The summed E-state index contributed by atoms with van der Waals surface area (Å²) in [7, 11) is 0. The van der Waals surface area contributed by atoms with Crippen LogP contribution >= 0.6 is 0 Å². The van der Waals surface area contributed by atoms with Crippen LogP contribution in [0.4, 0.5) is 11.4 Å². The molecule has 0 fully saturated rings. The topological polar surface area (TPSA) is 106 Å². The predicted molar refractivity (Wildman–Crippen MR) is 111 cm³/mol. The molecular formula is C23H14N2O5. The first-order valence-electron chi connectivity index (χ1n) is 9.00. The number of non-ortho nitro benzene ring substituents is 1. The second-order valence-electron chi connectivity index (χ2n) is 6.61. The van der Waals surface area contributed by atoms with Crippen molar-refractivity contribution >= 4 is 34.9 Å². The highest BCUT2D eigenvalue weighted by Gasteiger charge is 2.31. The van der Waals surface area contributed by atoms with Crippen molar-refractivity contribution in [1.82, 2.24) is 0 Å². The highest BCUT2D eigenvalue weighted by Crippen LogP contribution is 2.31. The van der Waals surface area contributed by atoms with E-state index in [0.717, 1.165) is 0 Å². The molecule has 0 saturated carbocycles. The van der Waals surface area contributed by atoms with Gasteiger partial charge in [-0.15, -0.1) is 0 Å². The minimum absolute atomic E-state index is 0.0857. The van der Waals surface area contributed by atoms with Gasteiger partial charge in [-0.3, -0.25) is 24.5 Å². The molecule has 3 aromatic carbocycles. The van der Waals surface area contributed by atoms with Crippen molar-refractivity contribution in [2.45, 2.75) is 0 Å². The van der Waals surface area contributed by atoms with Crippen molar-refractivity contribution in [3.05, 3.63) is 111 Å². The summed E-state index contributed by atoms with van der Waals surface area (Å²) in [6.45, 7) is 0. The number of carbonyl (C=O) groups excluding carboxylic acids is 3. The first kappa shape index (κ1) is 18.9. The van der Waals surface area contributed by atoms with E-state index in [-0.39, 0.29) is 34.1 Å². The number of anilines is 1. The van der Waals surface area contributed by atoms with E-state index in [9.17, 15) is 24.5 Å². The maximum atomic E-state index is 13.0. The Hall–Kier alpha value is -4.39. The minimum atomic E-state index is -0.533. The lowest BCUT2D eigenvalue weighted by Crippen LogP contribution is -2.23. The number of nitro benzene ring substituents is 1. The SMILES string of the molecule is O=C(C=Cc1cccc([N+](=O)[O-])c1)Nc1cccc2c1C(=O)c1ccccc1C2=O. The van der Waals surface area contributed by atoms with Gasteiger partial charge in [-0.2, -0.15) is 0 Å². The van der Waals surface area contributed by atoms with Crippen LogP contribution in [0.3, 0.4) is 0 Å². The number of fused-ring (bicyclic) bond motifs is 2. The molecule has 1 N–H and O–H groups in total. The molecule has 146 valence electrons. The Labute approximate surface area is 170 Å². The lowest BCUT2D eigenvalue weighted by atomic mass is 9.83. The Morgan fingerprint density at radius 3 is 2.27 bits per heavy atom. The highest BCUT2D eigenvalue weighted by atomic mass is 16.6. The van der Waals surface area contributed by atoms with Crippen LogP contribution in [0.5, 0.6) is 0 Å². The van der Waals surface area contributed by atoms with Crippen LogP contribution in [-0.2, 0) is 4.79 Å². The Bertz CT molecular complexity index is 1260. The second kappa shape index (κ2) is 7.56. The smallest absolute Gasteiger partial charge is 0.270 e. The van der Waals surface area contributed by atoms with Crippen LogP contribution in [0.15, 0.2) is 72.8 Å². The van der Waals surface area contributed by atoms with Gasteiger partial charge in [0.2, 0.25) is 5.91 Å². The summed E-state index contributed by atoms with van der Waals surface area (Å²) in [5.74, 6) is -1.14. The molecule has 4 rings (SSSR count). The minimum Gasteiger partial charge on any atom is -0.322 e. The molecule has 0 spiro atoms. The summed E-state index contributed by atoms with van der Waals surface area (Å²) in [5, 5.41) is 13.5. The number of nitrogens with one attached hydrogen (secondary N) is 1. The van der Waals surface area contributed by atoms with E-state index in [1.165, 1.54) is 30.4 Å². The number of hydrogen-bond donors (Lipinski definition) is 1. The average molecular weight is 398 g/mol. The van der Waals surface area contributed by atoms with Crippen LogP contribution in [0, 0.1) is 10.1 Å². The van der Waals surface area contributed by atoms with E-state index in [4.69, 9.17) is 0 Å². The summed E-state index contributed by atoms with van der Waals surface area (Å²) in [6, 6.07) is 17.1. The molecule has 0 bridgehead atoms. The highest BCUT2D eigenvalue weighted by molar-refractivity contribution is 6.30. The summed E-state index contributed by atoms with van der Waals surface area (Å²) in [4.78, 5) is 48.4. The second-order valence-corrected chi connectivity index (χ2v) is 6.61. The third-order valence-electron chi connectivity index (χ3n) is 4.72. The molecule has 7 nitrogen and oxygen atoms in total. The van der Waals surface area contributed by atoms with Crippen molar-refractivity contribution in [3.63, 3.8) is 0 Å². The summed E-state index contributed by atoms with van der Waals surface area (Å²) in [6.07, 6.45) is 2.64. The number of rotatable bonds is 4. The van der Waals surface area contributed by atoms with E-state index >= 15 is 0 Å². The molecule has 0 atom stereocenters. The third kappa shape index (κ3) is 3.40. The van der Waals surface area contributed by atoms with Gasteiger partial charge in [0.05, 0.1) is 16.2 Å². The molecule has 0 unspecified atom stereocenters. The first-order chi connectivity index (χ1) is 14.5. The summed E-state index contributed by atoms with van der Waals surface area (Å²) >= 11 is 0. The van der Waals surface area contributed by atoms with Crippen LogP contribution in [-0.4, -0.2) is 22.4 Å². The normalized spacial score (nSPS) is 12.4. The van der Waals surface area contributed by atoms with Crippen molar-refractivity contribution < 1.29 is 19.3 Å². The number of carbonyl (C=O) groups is 3. The zero-order valence-corrected chi connectivity index (χ0v) is 15.5. The zero-order chi connectivity index (χ0) is 21.3. The monoisotopic (exact) mass is 398 g/mol. The number of benzene rings is 3. The van der Waals surface area contributed by atoms with Gasteiger partial charge in [0.25, 0.3) is 5.69 Å². The van der Waals surface area contributed by atoms with Crippen molar-refractivity contribution in [3.8, 4) is 0 Å². The van der Waals surface area contributed by atoms with Gasteiger partial charge in [-0.25, -0.2) is 0 Å².